The van der Waals surface area contributed by atoms with Crippen molar-refractivity contribution in [2.45, 2.75) is 79.2 Å². The maximum atomic E-state index is 12.2. The summed E-state index contributed by atoms with van der Waals surface area (Å²) >= 11 is 0. The molecule has 0 bridgehead atoms. The van der Waals surface area contributed by atoms with E-state index in [4.69, 9.17) is 15.2 Å². The quantitative estimate of drug-likeness (QED) is 0.609. The Morgan fingerprint density at radius 1 is 1.12 bits per heavy atom. The van der Waals surface area contributed by atoms with Crippen molar-refractivity contribution in [1.82, 2.24) is 4.31 Å². The molecule has 7 nitrogen and oxygen atoms in total. The van der Waals surface area contributed by atoms with E-state index in [0.717, 1.165) is 6.26 Å². The van der Waals surface area contributed by atoms with Crippen LogP contribution in [0.2, 0.25) is 0 Å². The summed E-state index contributed by atoms with van der Waals surface area (Å²) in [6.07, 6.45) is 0.412. The monoisotopic (exact) mass is 416 g/mol. The topological polar surface area (TPSA) is 98.9 Å². The van der Waals surface area contributed by atoms with E-state index >= 15 is 0 Å². The Kier molecular flexibility index (Phi) is 10.9. The molecule has 0 rings (SSSR count). The molecule has 0 amide bonds. The van der Waals surface area contributed by atoms with E-state index in [9.17, 15) is 13.2 Å². The van der Waals surface area contributed by atoms with E-state index < -0.39 is 33.7 Å². The van der Waals surface area contributed by atoms with Crippen molar-refractivity contribution < 1.29 is 22.7 Å². The first-order valence-electron chi connectivity index (χ1n) is 8.51. The molecule has 0 heterocycles. The number of halogens is 1. The molecule has 0 unspecified atom stereocenters. The molecule has 2 N–H and O–H groups in total. The van der Waals surface area contributed by atoms with Crippen molar-refractivity contribution >= 4 is 28.4 Å². The predicted molar refractivity (Wildman–Crippen MR) is 107 cm³/mol. The van der Waals surface area contributed by atoms with Gasteiger partial charge in [0.1, 0.15) is 18.8 Å². The average Bonchev–Trinajstić information content (AvgIpc) is 2.36. The van der Waals surface area contributed by atoms with Crippen LogP contribution in [-0.4, -0.2) is 61.9 Å². The van der Waals surface area contributed by atoms with E-state index in [0.29, 0.717) is 0 Å². The minimum Gasteiger partial charge on any atom is -0.462 e. The van der Waals surface area contributed by atoms with Crippen LogP contribution >= 0.6 is 12.4 Å². The number of hydrogen-bond acceptors (Lipinski definition) is 6. The van der Waals surface area contributed by atoms with E-state index in [1.165, 1.54) is 11.2 Å². The summed E-state index contributed by atoms with van der Waals surface area (Å²) in [5.41, 5.74) is 4.75. The molecule has 0 spiro atoms. The van der Waals surface area contributed by atoms with Crippen LogP contribution in [0.5, 0.6) is 0 Å². The first-order valence-corrected chi connectivity index (χ1v) is 10.4. The van der Waals surface area contributed by atoms with E-state index in [2.05, 4.69) is 0 Å². The van der Waals surface area contributed by atoms with Gasteiger partial charge >= 0.3 is 5.97 Å². The van der Waals surface area contributed by atoms with Crippen molar-refractivity contribution in [2.24, 2.45) is 11.1 Å². The number of nitrogens with zero attached hydrogens (tertiary/aromatic N) is 1. The third kappa shape index (κ3) is 10.1. The molecule has 158 valence electrons. The van der Waals surface area contributed by atoms with Gasteiger partial charge in [-0.25, -0.2) is 8.42 Å². The Balaban J connectivity index is 0. The van der Waals surface area contributed by atoms with Gasteiger partial charge in [0.2, 0.25) is 10.0 Å². The first-order chi connectivity index (χ1) is 11.0. The molecule has 0 saturated carbocycles. The molecule has 0 radical (unpaired) electrons. The van der Waals surface area contributed by atoms with E-state index in [1.54, 1.807) is 0 Å². The van der Waals surface area contributed by atoms with Crippen LogP contribution in [0.1, 0.15) is 55.4 Å². The molecular weight excluding hydrogens is 380 g/mol. The van der Waals surface area contributed by atoms with Gasteiger partial charge < -0.3 is 15.2 Å². The second-order valence-corrected chi connectivity index (χ2v) is 10.6. The number of carbonyl (C=O) groups is 1. The summed E-state index contributed by atoms with van der Waals surface area (Å²) in [7, 11) is -3.46. The fraction of sp³-hybridized carbons (Fsp3) is 0.941. The molecule has 9 heteroatoms. The number of sulfonamides is 1. The smallest absolute Gasteiger partial charge is 0.322 e. The number of ether oxygens (including phenoxy) is 2. The third-order valence-electron chi connectivity index (χ3n) is 3.92. The van der Waals surface area contributed by atoms with Gasteiger partial charge in [-0.2, -0.15) is 4.31 Å². The zero-order valence-electron chi connectivity index (χ0n) is 17.5. The molecule has 3 atom stereocenters. The van der Waals surface area contributed by atoms with Gasteiger partial charge in [0.05, 0.1) is 12.4 Å². The molecule has 0 aliphatic heterocycles. The maximum absolute atomic E-state index is 12.2. The zero-order chi connectivity index (χ0) is 20.2. The van der Waals surface area contributed by atoms with Crippen molar-refractivity contribution in [1.29, 1.82) is 0 Å². The van der Waals surface area contributed by atoms with Gasteiger partial charge in [0, 0.05) is 12.1 Å². The van der Waals surface area contributed by atoms with Gasteiger partial charge in [-0.05, 0) is 40.0 Å². The van der Waals surface area contributed by atoms with Crippen LogP contribution in [-0.2, 0) is 24.3 Å². The molecule has 0 saturated heterocycles. The highest BCUT2D eigenvalue weighted by Gasteiger charge is 2.34. The number of nitrogens with two attached hydrogens (primary N) is 1. The molecule has 0 aromatic heterocycles. The van der Waals surface area contributed by atoms with E-state index in [1.807, 2.05) is 48.5 Å². The Bertz CT molecular complexity index is 538. The molecular formula is C17H37ClN2O5S. The van der Waals surface area contributed by atoms with Gasteiger partial charge in [-0.1, -0.05) is 20.8 Å². The Morgan fingerprint density at radius 3 is 1.88 bits per heavy atom. The highest BCUT2D eigenvalue weighted by molar-refractivity contribution is 7.88. The first kappa shape index (κ1) is 27.8. The fourth-order valence-electron chi connectivity index (χ4n) is 2.03. The molecule has 0 aliphatic rings. The third-order valence-corrected chi connectivity index (χ3v) is 5.41. The van der Waals surface area contributed by atoms with Crippen molar-refractivity contribution in [3.63, 3.8) is 0 Å². The van der Waals surface area contributed by atoms with Gasteiger partial charge in [-0.3, -0.25) is 4.79 Å². The Morgan fingerprint density at radius 2 is 1.58 bits per heavy atom. The molecule has 26 heavy (non-hydrogen) atoms. The normalized spacial score (nSPS) is 16.6. The fourth-order valence-corrected chi connectivity index (χ4v) is 3.46. The second-order valence-electron chi connectivity index (χ2n) is 8.65. The van der Waals surface area contributed by atoms with Crippen LogP contribution in [0, 0.1) is 5.41 Å². The lowest BCUT2D eigenvalue weighted by Gasteiger charge is -2.38. The average molecular weight is 417 g/mol. The van der Waals surface area contributed by atoms with Crippen molar-refractivity contribution in [3.8, 4) is 0 Å². The minimum atomic E-state index is -3.46. The van der Waals surface area contributed by atoms with Gasteiger partial charge in [0.15, 0.2) is 0 Å². The van der Waals surface area contributed by atoms with Crippen molar-refractivity contribution in [2.75, 3.05) is 19.4 Å². The number of hydrogen-bond donors (Lipinski definition) is 1. The summed E-state index contributed by atoms with van der Waals surface area (Å²) < 4.78 is 37.0. The van der Waals surface area contributed by atoms with Crippen molar-refractivity contribution in [3.05, 3.63) is 0 Å². The summed E-state index contributed by atoms with van der Waals surface area (Å²) in [6.45, 7) is 15.0. The summed E-state index contributed by atoms with van der Waals surface area (Å²) in [6, 6.07) is -0.741. The minimum absolute atomic E-state index is 0. The Labute approximate surface area is 165 Å². The zero-order valence-corrected chi connectivity index (χ0v) is 19.2. The number of rotatable bonds is 8. The number of esters is 1. The lowest BCUT2D eigenvalue weighted by molar-refractivity contribution is -0.153. The lowest BCUT2D eigenvalue weighted by atomic mass is 9.90. The van der Waals surface area contributed by atoms with Crippen LogP contribution in [0.4, 0.5) is 0 Å². The standard InChI is InChI=1S/C17H36N2O5S.ClH/c1-12(18)15(20)23-11-14(24-13(2)16(3,4)5)10-19(17(6,7)8)25(9,21)22;/h12-14H,10-11,18H2,1-9H3;1H/t12-,13-,14-;/m0./s1. The second kappa shape index (κ2) is 10.2. The largest absolute Gasteiger partial charge is 0.462 e. The summed E-state index contributed by atoms with van der Waals surface area (Å²) in [5, 5.41) is 0. The predicted octanol–water partition coefficient (Wildman–Crippen LogP) is 2.18. The van der Waals surface area contributed by atoms with Gasteiger partial charge in [-0.15, -0.1) is 12.4 Å². The maximum Gasteiger partial charge on any atom is 0.322 e. The van der Waals surface area contributed by atoms with E-state index in [-0.39, 0.29) is 37.1 Å². The van der Waals surface area contributed by atoms with Crippen LogP contribution in [0.15, 0.2) is 0 Å². The molecule has 0 fully saturated rings. The molecule has 0 aromatic carbocycles. The lowest BCUT2D eigenvalue weighted by Crippen LogP contribution is -2.51. The number of carbonyl (C=O) groups excluding carboxylic acids is 1. The van der Waals surface area contributed by atoms with Crippen LogP contribution in [0.3, 0.4) is 0 Å². The summed E-state index contributed by atoms with van der Waals surface area (Å²) in [5.74, 6) is -0.543. The van der Waals surface area contributed by atoms with Crippen LogP contribution < -0.4 is 5.73 Å². The Hall–Kier alpha value is -0.410. The molecule has 0 aliphatic carbocycles. The summed E-state index contributed by atoms with van der Waals surface area (Å²) in [4.78, 5) is 11.7. The highest BCUT2D eigenvalue weighted by atomic mass is 35.5. The SMILES string of the molecule is C[C@H](N)C(=O)OC[C@H](CN(C(C)(C)C)S(C)(=O)=O)O[C@@H](C)C(C)(C)C.Cl. The highest BCUT2D eigenvalue weighted by Crippen LogP contribution is 2.25. The molecule has 0 aromatic rings. The van der Waals surface area contributed by atoms with Gasteiger partial charge in [0.25, 0.3) is 0 Å². The van der Waals surface area contributed by atoms with Crippen LogP contribution in [0.25, 0.3) is 0 Å².